The molecule has 0 aromatic carbocycles. The fourth-order valence-electron chi connectivity index (χ4n) is 1.20. The smallest absolute Gasteiger partial charge is 0.364 e. The van der Waals surface area contributed by atoms with E-state index in [-0.39, 0.29) is 0 Å². The molecule has 0 bridgehead atoms. The van der Waals surface area contributed by atoms with Crippen LogP contribution in [0.4, 0.5) is 0 Å². The molecule has 0 rings (SSSR count). The van der Waals surface area contributed by atoms with Gasteiger partial charge in [-0.1, -0.05) is 27.0 Å². The highest BCUT2D eigenvalue weighted by molar-refractivity contribution is 5.82. The quantitative estimate of drug-likeness (QED) is 0.392. The van der Waals surface area contributed by atoms with Gasteiger partial charge in [-0.3, -0.25) is 0 Å². The molecule has 102 valence electrons. The van der Waals surface area contributed by atoms with Crippen LogP contribution >= 0.6 is 0 Å². The van der Waals surface area contributed by atoms with Crippen LogP contribution in [0.25, 0.3) is 0 Å². The second-order valence-electron chi connectivity index (χ2n) is 3.73. The van der Waals surface area contributed by atoms with Gasteiger partial charge in [0.2, 0.25) is 0 Å². The van der Waals surface area contributed by atoms with Crippen molar-refractivity contribution in [3.05, 3.63) is 25.3 Å². The topological polar surface area (TPSA) is 93.1 Å². The molecule has 0 aliphatic rings. The lowest BCUT2D eigenvalue weighted by molar-refractivity contribution is -0.363. The summed E-state index contributed by atoms with van der Waals surface area (Å²) in [4.78, 5) is 22.1. The maximum Gasteiger partial charge on any atom is 0.364 e. The molecule has 2 N–H and O–H groups in total. The highest BCUT2D eigenvalue weighted by Gasteiger charge is 2.44. The number of hydrogen-bond acceptors (Lipinski definition) is 6. The van der Waals surface area contributed by atoms with Crippen molar-refractivity contribution in [1.82, 2.24) is 0 Å². The van der Waals surface area contributed by atoms with Gasteiger partial charge >= 0.3 is 17.9 Å². The van der Waals surface area contributed by atoms with Crippen LogP contribution in [0.3, 0.4) is 0 Å². The fourth-order valence-corrected chi connectivity index (χ4v) is 1.20. The molecule has 0 aromatic heterocycles. The first-order valence-corrected chi connectivity index (χ1v) is 5.41. The molecule has 0 saturated heterocycles. The molecule has 0 amide bonds. The van der Waals surface area contributed by atoms with E-state index in [1.54, 1.807) is 13.8 Å². The second kappa shape index (κ2) is 6.93. The summed E-state index contributed by atoms with van der Waals surface area (Å²) >= 11 is 0. The van der Waals surface area contributed by atoms with E-state index in [0.29, 0.717) is 6.42 Å². The van der Waals surface area contributed by atoms with Crippen LogP contribution in [0.2, 0.25) is 0 Å². The summed E-state index contributed by atoms with van der Waals surface area (Å²) in [5, 5.41) is 19.3. The summed E-state index contributed by atoms with van der Waals surface area (Å²) in [6.45, 7) is 9.69. The van der Waals surface area contributed by atoms with Crippen molar-refractivity contribution in [2.45, 2.75) is 32.3 Å². The number of rotatable bonds is 7. The van der Waals surface area contributed by atoms with Gasteiger partial charge in [-0.15, -0.1) is 0 Å². The molecule has 0 fully saturated rings. The van der Waals surface area contributed by atoms with Gasteiger partial charge in [0.25, 0.3) is 0 Å². The number of esters is 2. The Morgan fingerprint density at radius 3 is 2.17 bits per heavy atom. The third-order valence-electron chi connectivity index (χ3n) is 2.36. The van der Waals surface area contributed by atoms with Crippen molar-refractivity contribution in [3.8, 4) is 0 Å². The largest absolute Gasteiger partial charge is 0.449 e. The van der Waals surface area contributed by atoms with Gasteiger partial charge in [-0.2, -0.15) is 0 Å². The number of aliphatic hydroxyl groups is 2. The maximum absolute atomic E-state index is 11.1. The predicted octanol–water partition coefficient (Wildman–Crippen LogP) is 0.498. The van der Waals surface area contributed by atoms with E-state index in [4.69, 9.17) is 4.74 Å². The predicted molar refractivity (Wildman–Crippen MR) is 63.0 cm³/mol. The summed E-state index contributed by atoms with van der Waals surface area (Å²) in [7, 11) is 0. The zero-order valence-corrected chi connectivity index (χ0v) is 10.5. The number of carbonyl (C=O) groups is 2. The minimum absolute atomic E-state index is 0.443. The fraction of sp³-hybridized carbons (Fsp3) is 0.500. The van der Waals surface area contributed by atoms with Crippen LogP contribution < -0.4 is 0 Å². The van der Waals surface area contributed by atoms with Crippen molar-refractivity contribution >= 4 is 11.9 Å². The first-order chi connectivity index (χ1) is 8.28. The molecular formula is C12H18O6. The van der Waals surface area contributed by atoms with Crippen LogP contribution in [0.5, 0.6) is 0 Å². The van der Waals surface area contributed by atoms with Crippen LogP contribution in [0.15, 0.2) is 25.3 Å². The van der Waals surface area contributed by atoms with Gasteiger partial charge in [0, 0.05) is 18.1 Å². The zero-order valence-electron chi connectivity index (χ0n) is 10.5. The van der Waals surface area contributed by atoms with Crippen LogP contribution in [-0.2, 0) is 19.1 Å². The number of carbonyl (C=O) groups excluding carboxylic acids is 2. The van der Waals surface area contributed by atoms with E-state index < -0.39 is 29.9 Å². The standard InChI is InChI=1S/C12H18O6/c1-5-8(4)11(17-9(13)6-2)12(15,16)18-10(14)7-3/h6-8,11,15-16H,2-3,5H2,1,4H3. The Morgan fingerprint density at radius 2 is 1.78 bits per heavy atom. The SMILES string of the molecule is C=CC(=O)OC(C(C)CC)C(O)(O)OC(=O)C=C. The average Bonchev–Trinajstić information content (AvgIpc) is 2.33. The lowest BCUT2D eigenvalue weighted by atomic mass is 10.00. The van der Waals surface area contributed by atoms with E-state index in [1.807, 2.05) is 0 Å². The summed E-state index contributed by atoms with van der Waals surface area (Å²) < 4.78 is 9.15. The summed E-state index contributed by atoms with van der Waals surface area (Å²) in [6, 6.07) is 0. The second-order valence-corrected chi connectivity index (χ2v) is 3.73. The van der Waals surface area contributed by atoms with Crippen LogP contribution in [-0.4, -0.2) is 34.2 Å². The molecule has 0 aliphatic carbocycles. The first kappa shape index (κ1) is 16.3. The molecule has 6 heteroatoms. The molecular weight excluding hydrogens is 240 g/mol. The van der Waals surface area contributed by atoms with Crippen molar-refractivity contribution in [2.24, 2.45) is 5.92 Å². The van der Waals surface area contributed by atoms with E-state index in [2.05, 4.69) is 17.9 Å². The van der Waals surface area contributed by atoms with Crippen molar-refractivity contribution < 1.29 is 29.3 Å². The lowest BCUT2D eigenvalue weighted by Gasteiger charge is -2.32. The Balaban J connectivity index is 5.02. The van der Waals surface area contributed by atoms with E-state index in [1.165, 1.54) is 0 Å². The third-order valence-corrected chi connectivity index (χ3v) is 2.36. The minimum Gasteiger partial charge on any atom is -0.449 e. The summed E-state index contributed by atoms with van der Waals surface area (Å²) in [5.74, 6) is -5.24. The van der Waals surface area contributed by atoms with E-state index in [9.17, 15) is 19.8 Å². The zero-order chi connectivity index (χ0) is 14.3. The van der Waals surface area contributed by atoms with Crippen molar-refractivity contribution in [2.75, 3.05) is 0 Å². The van der Waals surface area contributed by atoms with Gasteiger partial charge < -0.3 is 19.7 Å². The summed E-state index contributed by atoms with van der Waals surface area (Å²) in [6.07, 6.45) is 0.700. The first-order valence-electron chi connectivity index (χ1n) is 5.41. The van der Waals surface area contributed by atoms with Crippen molar-refractivity contribution in [3.63, 3.8) is 0 Å². The maximum atomic E-state index is 11.1. The summed E-state index contributed by atoms with van der Waals surface area (Å²) in [5.41, 5.74) is 0. The normalized spacial score (nSPS) is 14.2. The molecule has 0 saturated carbocycles. The molecule has 0 aliphatic heterocycles. The van der Waals surface area contributed by atoms with Gasteiger partial charge in [0.15, 0.2) is 6.10 Å². The Kier molecular flexibility index (Phi) is 6.29. The Morgan fingerprint density at radius 1 is 1.28 bits per heavy atom. The van der Waals surface area contributed by atoms with Gasteiger partial charge in [0.1, 0.15) is 0 Å². The monoisotopic (exact) mass is 258 g/mol. The van der Waals surface area contributed by atoms with Gasteiger partial charge in [-0.05, 0) is 6.42 Å². The van der Waals surface area contributed by atoms with Gasteiger partial charge in [0.05, 0.1) is 0 Å². The third kappa shape index (κ3) is 4.68. The molecule has 2 unspecified atom stereocenters. The van der Waals surface area contributed by atoms with Crippen LogP contribution in [0, 0.1) is 5.92 Å². The van der Waals surface area contributed by atoms with E-state index in [0.717, 1.165) is 12.2 Å². The van der Waals surface area contributed by atoms with E-state index >= 15 is 0 Å². The molecule has 0 spiro atoms. The molecule has 0 radical (unpaired) electrons. The number of ether oxygens (including phenoxy) is 2. The highest BCUT2D eigenvalue weighted by atomic mass is 16.8. The molecule has 6 nitrogen and oxygen atoms in total. The molecule has 2 atom stereocenters. The molecule has 18 heavy (non-hydrogen) atoms. The minimum atomic E-state index is -2.92. The number of hydrogen-bond donors (Lipinski definition) is 2. The average molecular weight is 258 g/mol. The van der Waals surface area contributed by atoms with Crippen molar-refractivity contribution in [1.29, 1.82) is 0 Å². The highest BCUT2D eigenvalue weighted by Crippen LogP contribution is 2.23. The molecule has 0 heterocycles. The Labute approximate surface area is 106 Å². The molecule has 0 aromatic rings. The lowest BCUT2D eigenvalue weighted by Crippen LogP contribution is -2.51. The van der Waals surface area contributed by atoms with Gasteiger partial charge in [-0.25, -0.2) is 9.59 Å². The van der Waals surface area contributed by atoms with Crippen LogP contribution in [0.1, 0.15) is 20.3 Å². The Bertz CT molecular complexity index is 333. The Hall–Kier alpha value is -1.66.